The average Bonchev–Trinajstić information content (AvgIpc) is 2.64. The van der Waals surface area contributed by atoms with Gasteiger partial charge in [-0.3, -0.25) is 14.1 Å². The van der Waals surface area contributed by atoms with Gasteiger partial charge in [0.1, 0.15) is 0 Å². The molecule has 0 radical (unpaired) electrons. The molecule has 2 aromatic carbocycles. The summed E-state index contributed by atoms with van der Waals surface area (Å²) in [4.78, 5) is 23.9. The lowest BCUT2D eigenvalue weighted by Crippen LogP contribution is -2.51. The molecule has 2 aromatic rings. The zero-order chi connectivity index (χ0) is 20.8. The van der Waals surface area contributed by atoms with Crippen molar-refractivity contribution in [1.29, 1.82) is 0 Å². The fraction of sp³-hybridized carbons (Fsp3) is 0.300. The zero-order valence-corrected chi connectivity index (χ0v) is 15.9. The summed E-state index contributed by atoms with van der Waals surface area (Å²) in [6.45, 7) is 0. The number of hydrogen-bond acceptors (Lipinski definition) is 4. The Hall–Kier alpha value is -2.71. The largest absolute Gasteiger partial charge is 0.481 e. The van der Waals surface area contributed by atoms with Crippen molar-refractivity contribution in [1.82, 2.24) is 0 Å². The van der Waals surface area contributed by atoms with Gasteiger partial charge in [0.2, 0.25) is 0 Å². The van der Waals surface area contributed by atoms with E-state index in [1.54, 1.807) is 60.7 Å². The van der Waals surface area contributed by atoms with E-state index in [2.05, 4.69) is 0 Å². The molecule has 0 spiro atoms. The van der Waals surface area contributed by atoms with Gasteiger partial charge in [-0.2, -0.15) is 8.42 Å². The van der Waals surface area contributed by atoms with Crippen molar-refractivity contribution in [2.75, 3.05) is 0 Å². The first-order valence-electron chi connectivity index (χ1n) is 8.67. The molecule has 2 rings (SSSR count). The number of benzene rings is 2. The lowest BCUT2D eigenvalue weighted by atomic mass is 9.74. The van der Waals surface area contributed by atoms with E-state index in [-0.39, 0.29) is 25.7 Å². The Morgan fingerprint density at radius 1 is 0.821 bits per heavy atom. The highest BCUT2D eigenvalue weighted by molar-refractivity contribution is 7.87. The minimum absolute atomic E-state index is 0.154. The van der Waals surface area contributed by atoms with E-state index in [0.717, 1.165) is 11.1 Å². The van der Waals surface area contributed by atoms with E-state index in [1.807, 2.05) is 0 Å². The third-order valence-electron chi connectivity index (χ3n) is 4.86. The van der Waals surface area contributed by atoms with E-state index in [9.17, 15) is 32.8 Å². The van der Waals surface area contributed by atoms with Crippen LogP contribution in [-0.4, -0.2) is 40.4 Å². The Bertz CT molecular complexity index is 865. The third kappa shape index (κ3) is 5.17. The maximum atomic E-state index is 12.2. The highest BCUT2D eigenvalue weighted by atomic mass is 32.2. The molecule has 0 aromatic heterocycles. The summed E-state index contributed by atoms with van der Waals surface area (Å²) in [6.07, 6.45) is -0.200. The molecule has 0 saturated heterocycles. The fourth-order valence-electron chi connectivity index (χ4n) is 3.39. The average molecular weight is 406 g/mol. The minimum atomic E-state index is -5.16. The molecular formula is C20H22O7S. The number of aliphatic carboxylic acids is 2. The SMILES string of the molecule is O=C(O)C(C(CCc1ccccc1)(CCc1ccccc1)C(=O)O)S(=O)(=O)O. The molecule has 1 atom stereocenters. The third-order valence-corrected chi connectivity index (χ3v) is 6.10. The van der Waals surface area contributed by atoms with Crippen LogP contribution in [0.4, 0.5) is 0 Å². The van der Waals surface area contributed by atoms with Crippen molar-refractivity contribution in [2.45, 2.75) is 30.9 Å². The molecule has 150 valence electrons. The Morgan fingerprint density at radius 2 is 1.21 bits per heavy atom. The van der Waals surface area contributed by atoms with Crippen LogP contribution in [0.3, 0.4) is 0 Å². The summed E-state index contributed by atoms with van der Waals surface area (Å²) in [5.74, 6) is -3.45. The predicted octanol–water partition coefficient (Wildman–Crippen LogP) is 2.66. The molecule has 0 aliphatic rings. The van der Waals surface area contributed by atoms with Gasteiger partial charge in [0.05, 0.1) is 5.41 Å². The van der Waals surface area contributed by atoms with Crippen LogP contribution in [0.1, 0.15) is 24.0 Å². The van der Waals surface area contributed by atoms with E-state index in [1.165, 1.54) is 0 Å². The molecule has 0 aliphatic heterocycles. The summed E-state index contributed by atoms with van der Waals surface area (Å²) in [5.41, 5.74) is -0.704. The van der Waals surface area contributed by atoms with Crippen LogP contribution < -0.4 is 0 Å². The van der Waals surface area contributed by atoms with E-state index >= 15 is 0 Å². The van der Waals surface area contributed by atoms with Crippen molar-refractivity contribution in [3.8, 4) is 0 Å². The van der Waals surface area contributed by atoms with Crippen LogP contribution in [0.15, 0.2) is 60.7 Å². The molecule has 8 heteroatoms. The first-order valence-corrected chi connectivity index (χ1v) is 10.2. The summed E-state index contributed by atoms with van der Waals surface area (Å²) in [7, 11) is -5.16. The van der Waals surface area contributed by atoms with Gasteiger partial charge in [0.15, 0.2) is 5.25 Å². The van der Waals surface area contributed by atoms with E-state index in [4.69, 9.17) is 0 Å². The van der Waals surface area contributed by atoms with Crippen LogP contribution in [0.2, 0.25) is 0 Å². The van der Waals surface area contributed by atoms with E-state index in [0.29, 0.717) is 0 Å². The molecule has 1 unspecified atom stereocenters. The van der Waals surface area contributed by atoms with Crippen LogP contribution >= 0.6 is 0 Å². The van der Waals surface area contributed by atoms with Gasteiger partial charge in [-0.05, 0) is 36.8 Å². The van der Waals surface area contributed by atoms with Gasteiger partial charge in [0.25, 0.3) is 10.1 Å². The maximum absolute atomic E-state index is 12.2. The van der Waals surface area contributed by atoms with Crippen LogP contribution in [0.25, 0.3) is 0 Å². The maximum Gasteiger partial charge on any atom is 0.325 e. The first kappa shape index (κ1) is 21.6. The van der Waals surface area contributed by atoms with Crippen molar-refractivity contribution in [2.24, 2.45) is 5.41 Å². The minimum Gasteiger partial charge on any atom is -0.481 e. The molecular weight excluding hydrogens is 384 g/mol. The van der Waals surface area contributed by atoms with Gasteiger partial charge in [-0.15, -0.1) is 0 Å². The number of aryl methyl sites for hydroxylation is 2. The normalized spacial score (nSPS) is 13.0. The second kappa shape index (κ2) is 8.99. The van der Waals surface area contributed by atoms with Crippen LogP contribution in [-0.2, 0) is 32.5 Å². The number of carbonyl (C=O) groups is 2. The Balaban J connectivity index is 2.45. The molecule has 7 nitrogen and oxygen atoms in total. The molecule has 0 saturated carbocycles. The second-order valence-corrected chi connectivity index (χ2v) is 8.17. The first-order chi connectivity index (χ1) is 13.2. The Kier molecular flexibility index (Phi) is 6.93. The summed E-state index contributed by atoms with van der Waals surface area (Å²) in [5, 5.41) is 16.9. The second-order valence-electron chi connectivity index (χ2n) is 6.67. The Labute approximate surface area is 163 Å². The molecule has 0 heterocycles. The van der Waals surface area contributed by atoms with Gasteiger partial charge < -0.3 is 10.2 Å². The number of hydrogen-bond donors (Lipinski definition) is 3. The predicted molar refractivity (Wildman–Crippen MR) is 103 cm³/mol. The standard InChI is InChI=1S/C20H22O7S/c21-18(22)17(28(25,26)27)20(19(23)24,13-11-15-7-3-1-4-8-15)14-12-16-9-5-2-6-10-16/h1-10,17H,11-14H2,(H,21,22)(H,23,24)(H,25,26,27). The van der Waals surface area contributed by atoms with Crippen molar-refractivity contribution in [3.05, 3.63) is 71.8 Å². The van der Waals surface area contributed by atoms with Gasteiger partial charge in [-0.25, -0.2) is 0 Å². The van der Waals surface area contributed by atoms with E-state index < -0.39 is 32.7 Å². The number of carboxylic acids is 2. The monoisotopic (exact) mass is 406 g/mol. The fourth-order valence-corrected chi connectivity index (χ4v) is 4.55. The lowest BCUT2D eigenvalue weighted by Gasteiger charge is -2.33. The van der Waals surface area contributed by atoms with Gasteiger partial charge in [-0.1, -0.05) is 60.7 Å². The molecule has 0 fully saturated rings. The molecule has 0 amide bonds. The summed E-state index contributed by atoms with van der Waals surface area (Å²) in [6, 6.07) is 17.5. The smallest absolute Gasteiger partial charge is 0.325 e. The molecule has 3 N–H and O–H groups in total. The van der Waals surface area contributed by atoms with Crippen LogP contribution in [0, 0.1) is 5.41 Å². The summed E-state index contributed by atoms with van der Waals surface area (Å²) < 4.78 is 33.3. The Morgan fingerprint density at radius 3 is 1.50 bits per heavy atom. The van der Waals surface area contributed by atoms with Crippen molar-refractivity contribution in [3.63, 3.8) is 0 Å². The quantitative estimate of drug-likeness (QED) is 0.517. The summed E-state index contributed by atoms with van der Waals surface area (Å²) >= 11 is 0. The topological polar surface area (TPSA) is 129 Å². The number of carboxylic acid groups (broad SMARTS) is 2. The van der Waals surface area contributed by atoms with Crippen molar-refractivity contribution >= 4 is 22.1 Å². The molecule has 0 bridgehead atoms. The van der Waals surface area contributed by atoms with Gasteiger partial charge >= 0.3 is 11.9 Å². The molecule has 0 aliphatic carbocycles. The highest BCUT2D eigenvalue weighted by Gasteiger charge is 2.55. The van der Waals surface area contributed by atoms with Crippen molar-refractivity contribution < 1.29 is 32.8 Å². The number of rotatable bonds is 10. The highest BCUT2D eigenvalue weighted by Crippen LogP contribution is 2.38. The van der Waals surface area contributed by atoms with Gasteiger partial charge in [0, 0.05) is 0 Å². The molecule has 28 heavy (non-hydrogen) atoms. The lowest BCUT2D eigenvalue weighted by molar-refractivity contribution is -0.156. The zero-order valence-electron chi connectivity index (χ0n) is 15.1. The van der Waals surface area contributed by atoms with Crippen LogP contribution in [0.5, 0.6) is 0 Å².